The second kappa shape index (κ2) is 18.5. The summed E-state index contributed by atoms with van der Waals surface area (Å²) in [4.78, 5) is 72.0. The number of rotatable bonds is 12. The van der Waals surface area contributed by atoms with Crippen LogP contribution >= 0.6 is 0 Å². The summed E-state index contributed by atoms with van der Waals surface area (Å²) in [6, 6.07) is 27.8. The molecule has 4 aromatic carbocycles. The Kier molecular flexibility index (Phi) is 12.6. The first-order valence-corrected chi connectivity index (χ1v) is 21.2. The minimum Gasteiger partial charge on any atom is -0.453 e. The largest absolute Gasteiger partial charge is 0.453 e. The number of nitrogens with one attached hydrogen (secondary N) is 4. The van der Waals surface area contributed by atoms with Crippen LogP contribution in [-0.2, 0) is 23.8 Å². The molecule has 0 spiro atoms. The van der Waals surface area contributed by atoms with E-state index in [2.05, 4.69) is 81.3 Å². The van der Waals surface area contributed by atoms with Crippen LogP contribution < -0.4 is 10.6 Å². The van der Waals surface area contributed by atoms with E-state index < -0.39 is 30.3 Å². The SMILES string of the molecule is COC(=O)N[C@H](C(=O)N1CCC[C@H]1c1ncc(-c2ccc3cc(-c4ccc(-c5cnc([C@@H]6C[C@H](OC)CN6C(=O)[C@H](NC(=O)OC)c6ccccc6)[nH]5)cc4)ccc3c2)[nH]1)C(C)C. The number of fused-ring (bicyclic) bond motifs is 1. The standard InChI is InChI=1S/C48H52N8O7/c1-28(2)41(53-47(59)62-4)45(57)55-21-9-12-39(55)43-49-26-38(52-43)35-20-19-33-22-32(17-18-34(33)23-35)29-13-15-30(16-14-29)37-25-50-44(51-37)40-24-36(61-3)27-56(40)46(58)42(54-48(60)63-5)31-10-7-6-8-11-31/h6-8,10-11,13-20,22-23,25-26,28,36,39-42H,9,12,21,24,27H2,1-5H3,(H,49,52)(H,50,51)(H,53,59)(H,54,60)/t36-,39-,40-,41-,42+/m0/s1. The Morgan fingerprint density at radius 3 is 1.92 bits per heavy atom. The molecule has 0 unspecified atom stereocenters. The third kappa shape index (κ3) is 9.00. The van der Waals surface area contributed by atoms with Crippen molar-refractivity contribution in [2.45, 2.75) is 63.4 Å². The lowest BCUT2D eigenvalue weighted by Gasteiger charge is -2.30. The van der Waals surface area contributed by atoms with Crippen molar-refractivity contribution in [1.82, 2.24) is 40.4 Å². The summed E-state index contributed by atoms with van der Waals surface area (Å²) in [5.74, 6) is 0.815. The molecular formula is C48H52N8O7. The number of aromatic amines is 2. The number of likely N-dealkylation sites (tertiary alicyclic amines) is 2. The molecule has 2 saturated heterocycles. The summed E-state index contributed by atoms with van der Waals surface area (Å²) in [5, 5.41) is 7.57. The maximum atomic E-state index is 14.1. The normalized spacial score (nSPS) is 18.3. The van der Waals surface area contributed by atoms with E-state index in [1.807, 2.05) is 43.1 Å². The molecule has 4 N–H and O–H groups in total. The van der Waals surface area contributed by atoms with Crippen molar-refractivity contribution in [3.05, 3.63) is 121 Å². The lowest BCUT2D eigenvalue weighted by molar-refractivity contribution is -0.136. The number of amides is 4. The summed E-state index contributed by atoms with van der Waals surface area (Å²) in [6.07, 6.45) is 4.22. The molecule has 8 rings (SSSR count). The number of H-pyrrole nitrogens is 2. The Balaban J connectivity index is 0.957. The van der Waals surface area contributed by atoms with Gasteiger partial charge in [0, 0.05) is 32.2 Å². The predicted molar refractivity (Wildman–Crippen MR) is 237 cm³/mol. The van der Waals surface area contributed by atoms with Gasteiger partial charge < -0.3 is 44.6 Å². The number of carbonyl (C=O) groups excluding carboxylic acids is 4. The van der Waals surface area contributed by atoms with Gasteiger partial charge in [0.1, 0.15) is 23.7 Å². The molecule has 0 bridgehead atoms. The van der Waals surface area contributed by atoms with Crippen molar-refractivity contribution >= 4 is 34.8 Å². The quantitative estimate of drug-likeness (QED) is 0.0958. The van der Waals surface area contributed by atoms with Crippen molar-refractivity contribution in [2.75, 3.05) is 34.4 Å². The Morgan fingerprint density at radius 1 is 0.683 bits per heavy atom. The molecule has 2 fully saturated rings. The number of carbonyl (C=O) groups is 4. The summed E-state index contributed by atoms with van der Waals surface area (Å²) in [5.41, 5.74) is 6.37. The number of imidazole rings is 2. The molecule has 6 aromatic rings. The summed E-state index contributed by atoms with van der Waals surface area (Å²) in [6.45, 7) is 4.73. The van der Waals surface area contributed by atoms with Gasteiger partial charge in [0.15, 0.2) is 0 Å². The number of hydrogen-bond acceptors (Lipinski definition) is 9. The molecule has 0 aliphatic carbocycles. The van der Waals surface area contributed by atoms with Gasteiger partial charge in [-0.15, -0.1) is 0 Å². The van der Waals surface area contributed by atoms with Crippen LogP contribution in [0.4, 0.5) is 9.59 Å². The van der Waals surface area contributed by atoms with Crippen LogP contribution in [-0.4, -0.2) is 100 Å². The number of aromatic nitrogens is 4. The highest BCUT2D eigenvalue weighted by molar-refractivity contribution is 5.91. The van der Waals surface area contributed by atoms with Gasteiger partial charge in [-0.2, -0.15) is 0 Å². The van der Waals surface area contributed by atoms with E-state index in [1.54, 1.807) is 30.3 Å². The Morgan fingerprint density at radius 2 is 1.27 bits per heavy atom. The van der Waals surface area contributed by atoms with Crippen molar-refractivity contribution in [2.24, 2.45) is 5.92 Å². The molecule has 15 heteroatoms. The highest BCUT2D eigenvalue weighted by Crippen LogP contribution is 2.37. The van der Waals surface area contributed by atoms with Crippen molar-refractivity contribution < 1.29 is 33.4 Å². The average Bonchev–Trinajstić information content (AvgIpc) is 4.16. The van der Waals surface area contributed by atoms with Gasteiger partial charge in [-0.1, -0.05) is 92.7 Å². The molecule has 326 valence electrons. The Labute approximate surface area is 365 Å². The highest BCUT2D eigenvalue weighted by Gasteiger charge is 2.42. The van der Waals surface area contributed by atoms with Gasteiger partial charge in [-0.25, -0.2) is 19.6 Å². The predicted octanol–water partition coefficient (Wildman–Crippen LogP) is 7.72. The number of nitrogens with zero attached hydrogens (tertiary/aromatic N) is 4. The maximum absolute atomic E-state index is 14.1. The number of hydrogen-bond donors (Lipinski definition) is 4. The molecule has 15 nitrogen and oxygen atoms in total. The zero-order valence-electron chi connectivity index (χ0n) is 36.0. The van der Waals surface area contributed by atoms with Gasteiger partial charge >= 0.3 is 12.2 Å². The molecule has 2 aliphatic rings. The Hall–Kier alpha value is -7.00. The third-order valence-corrected chi connectivity index (χ3v) is 12.1. The van der Waals surface area contributed by atoms with Gasteiger partial charge in [0.25, 0.3) is 5.91 Å². The number of alkyl carbamates (subject to hydrolysis) is 2. The van der Waals surface area contributed by atoms with E-state index in [0.717, 1.165) is 63.1 Å². The lowest BCUT2D eigenvalue weighted by atomic mass is 9.98. The smallest absolute Gasteiger partial charge is 0.407 e. The average molecular weight is 853 g/mol. The van der Waals surface area contributed by atoms with Crippen LogP contribution in [0, 0.1) is 5.92 Å². The topological polar surface area (TPSA) is 184 Å². The molecule has 0 radical (unpaired) electrons. The van der Waals surface area contributed by atoms with Crippen molar-refractivity contribution in [3.63, 3.8) is 0 Å². The summed E-state index contributed by atoms with van der Waals surface area (Å²) < 4.78 is 15.3. The third-order valence-electron chi connectivity index (χ3n) is 12.1. The summed E-state index contributed by atoms with van der Waals surface area (Å²) in [7, 11) is 4.19. The second-order valence-corrected chi connectivity index (χ2v) is 16.3. The van der Waals surface area contributed by atoms with Crippen LogP contribution in [0.25, 0.3) is 44.4 Å². The fourth-order valence-corrected chi connectivity index (χ4v) is 8.68. The number of methoxy groups -OCH3 is 3. The van der Waals surface area contributed by atoms with Gasteiger partial charge in [0.2, 0.25) is 5.91 Å². The minimum absolute atomic E-state index is 0.112. The number of ether oxygens (including phenoxy) is 3. The molecule has 63 heavy (non-hydrogen) atoms. The highest BCUT2D eigenvalue weighted by atomic mass is 16.5. The van der Waals surface area contributed by atoms with E-state index >= 15 is 0 Å². The lowest BCUT2D eigenvalue weighted by Crippen LogP contribution is -2.51. The monoisotopic (exact) mass is 852 g/mol. The zero-order chi connectivity index (χ0) is 44.2. The van der Waals surface area contributed by atoms with E-state index in [1.165, 1.54) is 14.2 Å². The van der Waals surface area contributed by atoms with Crippen LogP contribution in [0.1, 0.15) is 68.4 Å². The van der Waals surface area contributed by atoms with Gasteiger partial charge in [0.05, 0.1) is 56.2 Å². The molecule has 0 saturated carbocycles. The van der Waals surface area contributed by atoms with E-state index in [-0.39, 0.29) is 29.9 Å². The Bertz CT molecular complexity index is 2590. The first-order valence-electron chi connectivity index (χ1n) is 21.2. The first-order chi connectivity index (χ1) is 30.5. The second-order valence-electron chi connectivity index (χ2n) is 16.3. The van der Waals surface area contributed by atoms with E-state index in [0.29, 0.717) is 30.9 Å². The van der Waals surface area contributed by atoms with E-state index in [4.69, 9.17) is 24.2 Å². The van der Waals surface area contributed by atoms with Crippen LogP contribution in [0.3, 0.4) is 0 Å². The van der Waals surface area contributed by atoms with Gasteiger partial charge in [-0.3, -0.25) is 9.59 Å². The molecule has 4 heterocycles. The maximum Gasteiger partial charge on any atom is 0.407 e. The van der Waals surface area contributed by atoms with Crippen molar-refractivity contribution in [1.29, 1.82) is 0 Å². The molecular weight excluding hydrogens is 801 g/mol. The fraction of sp³-hybridized carbons (Fsp3) is 0.333. The van der Waals surface area contributed by atoms with E-state index in [9.17, 15) is 19.2 Å². The number of benzene rings is 4. The van der Waals surface area contributed by atoms with Crippen LogP contribution in [0.15, 0.2) is 103 Å². The molecule has 2 aromatic heterocycles. The van der Waals surface area contributed by atoms with Gasteiger partial charge in [-0.05, 0) is 63.9 Å². The van der Waals surface area contributed by atoms with Crippen LogP contribution in [0.5, 0.6) is 0 Å². The molecule has 5 atom stereocenters. The van der Waals surface area contributed by atoms with Crippen molar-refractivity contribution in [3.8, 4) is 33.6 Å². The fourth-order valence-electron chi connectivity index (χ4n) is 8.68. The zero-order valence-corrected chi connectivity index (χ0v) is 36.0. The molecule has 2 aliphatic heterocycles. The minimum atomic E-state index is -0.947. The van der Waals surface area contributed by atoms with Crippen LogP contribution in [0.2, 0.25) is 0 Å². The molecule has 4 amide bonds. The first kappa shape index (κ1) is 42.7. The summed E-state index contributed by atoms with van der Waals surface area (Å²) >= 11 is 0.